The van der Waals surface area contributed by atoms with Gasteiger partial charge in [-0.3, -0.25) is 4.79 Å². The molecule has 0 radical (unpaired) electrons. The van der Waals surface area contributed by atoms with Gasteiger partial charge in [-0.2, -0.15) is 0 Å². The van der Waals surface area contributed by atoms with Crippen LogP contribution in [0.4, 0.5) is 0 Å². The summed E-state index contributed by atoms with van der Waals surface area (Å²) in [6.07, 6.45) is 5.08. The molecule has 1 unspecified atom stereocenters. The number of nitrogens with one attached hydrogen (secondary N) is 1. The van der Waals surface area contributed by atoms with Crippen molar-refractivity contribution in [2.24, 2.45) is 11.1 Å². The fourth-order valence-electron chi connectivity index (χ4n) is 1.81. The maximum Gasteiger partial charge on any atom is 0.224 e. The van der Waals surface area contributed by atoms with Crippen molar-refractivity contribution in [2.45, 2.75) is 45.6 Å². The molecule has 1 amide bonds. The van der Waals surface area contributed by atoms with Crippen molar-refractivity contribution in [3.05, 3.63) is 0 Å². The largest absolute Gasteiger partial charge is 0.378 e. The lowest BCUT2D eigenvalue weighted by Gasteiger charge is -2.21. The highest BCUT2D eigenvalue weighted by molar-refractivity contribution is 5.80. The number of rotatable bonds is 7. The third-order valence-corrected chi connectivity index (χ3v) is 3.14. The summed E-state index contributed by atoms with van der Waals surface area (Å²) in [5.74, 6) is -0.251. The van der Waals surface area contributed by atoms with Crippen LogP contribution in [-0.4, -0.2) is 31.7 Å². The first-order chi connectivity index (χ1) is 7.52. The van der Waals surface area contributed by atoms with Gasteiger partial charge in [-0.05, 0) is 46.1 Å². The molecule has 4 heteroatoms. The average molecular weight is 228 g/mol. The van der Waals surface area contributed by atoms with E-state index in [9.17, 15) is 4.79 Å². The van der Waals surface area contributed by atoms with Crippen LogP contribution < -0.4 is 11.1 Å². The van der Waals surface area contributed by atoms with Crippen LogP contribution in [0, 0.1) is 5.41 Å². The van der Waals surface area contributed by atoms with Crippen LogP contribution in [0.1, 0.15) is 39.5 Å². The first-order valence-electron chi connectivity index (χ1n) is 6.14. The Morgan fingerprint density at radius 2 is 2.31 bits per heavy atom. The quantitative estimate of drug-likeness (QED) is 0.640. The smallest absolute Gasteiger partial charge is 0.224 e. The molecule has 94 valence electrons. The van der Waals surface area contributed by atoms with E-state index in [-0.39, 0.29) is 5.91 Å². The Morgan fingerprint density at radius 3 is 2.88 bits per heavy atom. The van der Waals surface area contributed by atoms with Gasteiger partial charge in [0.2, 0.25) is 5.91 Å². The molecule has 1 heterocycles. The van der Waals surface area contributed by atoms with Crippen molar-refractivity contribution in [1.29, 1.82) is 0 Å². The molecule has 1 fully saturated rings. The summed E-state index contributed by atoms with van der Waals surface area (Å²) >= 11 is 0. The second-order valence-electron chi connectivity index (χ2n) is 5.20. The Labute approximate surface area is 97.9 Å². The van der Waals surface area contributed by atoms with E-state index in [1.807, 2.05) is 13.8 Å². The molecule has 1 aliphatic heterocycles. The summed E-state index contributed by atoms with van der Waals surface area (Å²) in [6.45, 7) is 6.22. The maximum atomic E-state index is 11.1. The number of hydrogen-bond donors (Lipinski definition) is 2. The minimum Gasteiger partial charge on any atom is -0.378 e. The molecule has 1 saturated heterocycles. The highest BCUT2D eigenvalue weighted by atomic mass is 16.5. The standard InChI is InChI=1S/C12H24N2O2/c1-12(2,11(13)15)9-14-7-3-5-10-6-4-8-16-10/h10,14H,3-9H2,1-2H3,(H2,13,15). The summed E-state index contributed by atoms with van der Waals surface area (Å²) in [6, 6.07) is 0. The lowest BCUT2D eigenvalue weighted by molar-refractivity contribution is -0.125. The van der Waals surface area contributed by atoms with Gasteiger partial charge in [0.1, 0.15) is 0 Å². The van der Waals surface area contributed by atoms with E-state index >= 15 is 0 Å². The van der Waals surface area contributed by atoms with Crippen molar-refractivity contribution in [3.8, 4) is 0 Å². The van der Waals surface area contributed by atoms with Gasteiger partial charge in [-0.15, -0.1) is 0 Å². The van der Waals surface area contributed by atoms with E-state index in [0.29, 0.717) is 12.6 Å². The van der Waals surface area contributed by atoms with Crippen LogP contribution in [-0.2, 0) is 9.53 Å². The number of ether oxygens (including phenoxy) is 1. The molecule has 0 saturated carbocycles. The van der Waals surface area contributed by atoms with Crippen molar-refractivity contribution >= 4 is 5.91 Å². The molecule has 1 atom stereocenters. The predicted octanol–water partition coefficient (Wildman–Crippen LogP) is 1.05. The van der Waals surface area contributed by atoms with Crippen molar-refractivity contribution in [3.63, 3.8) is 0 Å². The van der Waals surface area contributed by atoms with E-state index in [1.165, 1.54) is 12.8 Å². The Balaban J connectivity index is 2.01. The fourth-order valence-corrected chi connectivity index (χ4v) is 1.81. The Bertz CT molecular complexity index is 223. The van der Waals surface area contributed by atoms with E-state index in [0.717, 1.165) is 26.0 Å². The SMILES string of the molecule is CC(C)(CNCCCC1CCCO1)C(N)=O. The summed E-state index contributed by atoms with van der Waals surface area (Å²) in [5, 5.41) is 3.27. The molecule has 1 rings (SSSR count). The van der Waals surface area contributed by atoms with Crippen LogP contribution in [0.5, 0.6) is 0 Å². The van der Waals surface area contributed by atoms with Gasteiger partial charge < -0.3 is 15.8 Å². The third kappa shape index (κ3) is 4.49. The summed E-state index contributed by atoms with van der Waals surface area (Å²) in [5.41, 5.74) is 4.83. The molecule has 0 aliphatic carbocycles. The molecule has 0 aromatic rings. The topological polar surface area (TPSA) is 64.3 Å². The van der Waals surface area contributed by atoms with Crippen LogP contribution in [0.2, 0.25) is 0 Å². The minimum atomic E-state index is -0.455. The van der Waals surface area contributed by atoms with Gasteiger partial charge in [-0.25, -0.2) is 0 Å². The van der Waals surface area contributed by atoms with E-state index in [2.05, 4.69) is 5.32 Å². The molecule has 0 aromatic heterocycles. The molecule has 0 spiro atoms. The lowest BCUT2D eigenvalue weighted by atomic mass is 9.93. The number of amides is 1. The lowest BCUT2D eigenvalue weighted by Crippen LogP contribution is -2.40. The zero-order chi connectivity index (χ0) is 12.0. The molecular weight excluding hydrogens is 204 g/mol. The summed E-state index contributed by atoms with van der Waals surface area (Å²) in [7, 11) is 0. The number of primary amides is 1. The maximum absolute atomic E-state index is 11.1. The van der Waals surface area contributed by atoms with E-state index in [1.54, 1.807) is 0 Å². The second kappa shape index (κ2) is 6.21. The Morgan fingerprint density at radius 1 is 1.56 bits per heavy atom. The summed E-state index contributed by atoms with van der Waals surface area (Å²) in [4.78, 5) is 11.1. The molecule has 4 nitrogen and oxygen atoms in total. The predicted molar refractivity (Wildman–Crippen MR) is 64.1 cm³/mol. The molecule has 0 bridgehead atoms. The van der Waals surface area contributed by atoms with Gasteiger partial charge in [-0.1, -0.05) is 0 Å². The van der Waals surface area contributed by atoms with Crippen molar-refractivity contribution in [2.75, 3.05) is 19.7 Å². The number of nitrogens with two attached hydrogens (primary N) is 1. The van der Waals surface area contributed by atoms with Crippen LogP contribution in [0.15, 0.2) is 0 Å². The average Bonchev–Trinajstić information content (AvgIpc) is 2.69. The van der Waals surface area contributed by atoms with Gasteiger partial charge >= 0.3 is 0 Å². The van der Waals surface area contributed by atoms with E-state index in [4.69, 9.17) is 10.5 Å². The fraction of sp³-hybridized carbons (Fsp3) is 0.917. The third-order valence-electron chi connectivity index (χ3n) is 3.14. The van der Waals surface area contributed by atoms with Gasteiger partial charge in [0.25, 0.3) is 0 Å². The molecular formula is C12H24N2O2. The first-order valence-corrected chi connectivity index (χ1v) is 6.14. The van der Waals surface area contributed by atoms with Crippen molar-refractivity contribution < 1.29 is 9.53 Å². The molecule has 16 heavy (non-hydrogen) atoms. The number of carbonyl (C=O) groups excluding carboxylic acids is 1. The van der Waals surface area contributed by atoms with Gasteiger partial charge in [0.05, 0.1) is 11.5 Å². The molecule has 0 aromatic carbocycles. The Hall–Kier alpha value is -0.610. The van der Waals surface area contributed by atoms with Crippen molar-refractivity contribution in [1.82, 2.24) is 5.32 Å². The van der Waals surface area contributed by atoms with Gasteiger partial charge in [0, 0.05) is 13.2 Å². The molecule has 3 N–H and O–H groups in total. The normalized spacial score (nSPS) is 21.2. The molecule has 1 aliphatic rings. The van der Waals surface area contributed by atoms with Crippen LogP contribution in [0.3, 0.4) is 0 Å². The minimum absolute atomic E-state index is 0.251. The zero-order valence-corrected chi connectivity index (χ0v) is 10.4. The highest BCUT2D eigenvalue weighted by Gasteiger charge is 2.24. The second-order valence-corrected chi connectivity index (χ2v) is 5.20. The number of hydrogen-bond acceptors (Lipinski definition) is 3. The van der Waals surface area contributed by atoms with E-state index < -0.39 is 5.41 Å². The summed E-state index contributed by atoms with van der Waals surface area (Å²) < 4.78 is 5.54. The zero-order valence-electron chi connectivity index (χ0n) is 10.4. The highest BCUT2D eigenvalue weighted by Crippen LogP contribution is 2.16. The van der Waals surface area contributed by atoms with Crippen LogP contribution in [0.25, 0.3) is 0 Å². The first kappa shape index (κ1) is 13.5. The van der Waals surface area contributed by atoms with Gasteiger partial charge in [0.15, 0.2) is 0 Å². The Kier molecular flexibility index (Phi) is 5.22. The monoisotopic (exact) mass is 228 g/mol. The number of carbonyl (C=O) groups is 1. The van der Waals surface area contributed by atoms with Crippen LogP contribution >= 0.6 is 0 Å².